The maximum atomic E-state index is 11.7. The van der Waals surface area contributed by atoms with Crippen LogP contribution in [0.1, 0.15) is 20.2 Å². The molecule has 0 saturated carbocycles. The van der Waals surface area contributed by atoms with E-state index in [0.29, 0.717) is 22.0 Å². The van der Waals surface area contributed by atoms with Gasteiger partial charge in [-0.2, -0.15) is 5.10 Å². The van der Waals surface area contributed by atoms with E-state index in [1.165, 1.54) is 9.58 Å². The molecule has 0 bridgehead atoms. The molecule has 94 valence electrons. The fourth-order valence-corrected chi connectivity index (χ4v) is 2.24. The highest BCUT2D eigenvalue weighted by Gasteiger charge is 2.15. The molecule has 0 aliphatic carbocycles. The molecule has 2 aromatic heterocycles. The summed E-state index contributed by atoms with van der Waals surface area (Å²) < 4.78 is 1.42. The van der Waals surface area contributed by atoms with Gasteiger partial charge >= 0.3 is 0 Å². The van der Waals surface area contributed by atoms with Crippen molar-refractivity contribution < 1.29 is 9.59 Å². The lowest BCUT2D eigenvalue weighted by molar-refractivity contribution is 0.0821. The third kappa shape index (κ3) is 2.27. The maximum absolute atomic E-state index is 11.7. The minimum Gasteiger partial charge on any atom is -0.343 e. The van der Waals surface area contributed by atoms with Gasteiger partial charge in [-0.15, -0.1) is 0 Å². The topological polar surface area (TPSA) is 68.1 Å². The van der Waals surface area contributed by atoms with Crippen molar-refractivity contribution in [2.45, 2.75) is 0 Å². The molecule has 2 heterocycles. The Hall–Kier alpha value is -1.73. The number of halogens is 1. The molecule has 18 heavy (non-hydrogen) atoms. The molecule has 0 radical (unpaired) electrons. The van der Waals surface area contributed by atoms with E-state index >= 15 is 0 Å². The van der Waals surface area contributed by atoms with E-state index in [2.05, 4.69) is 10.1 Å². The smallest absolute Gasteiger partial charge is 0.273 e. The zero-order valence-electron chi connectivity index (χ0n) is 9.62. The fourth-order valence-electron chi connectivity index (χ4n) is 1.25. The van der Waals surface area contributed by atoms with Gasteiger partial charge in [0.2, 0.25) is 5.13 Å². The molecule has 0 atom stereocenters. The molecule has 0 saturated heterocycles. The first-order chi connectivity index (χ1) is 8.52. The first-order valence-electron chi connectivity index (χ1n) is 4.92. The summed E-state index contributed by atoms with van der Waals surface area (Å²) in [7, 11) is 3.29. The highest BCUT2D eigenvalue weighted by atomic mass is 35.5. The molecule has 1 amide bonds. The number of carbonyl (C=O) groups excluding carboxylic acids is 2. The number of aldehydes is 1. The summed E-state index contributed by atoms with van der Waals surface area (Å²) >= 11 is 6.88. The van der Waals surface area contributed by atoms with Crippen LogP contribution in [0.5, 0.6) is 0 Å². The minimum absolute atomic E-state index is 0.140. The van der Waals surface area contributed by atoms with Gasteiger partial charge in [-0.3, -0.25) is 9.59 Å². The summed E-state index contributed by atoms with van der Waals surface area (Å²) in [4.78, 5) is 28.1. The molecule has 2 rings (SSSR count). The van der Waals surface area contributed by atoms with Crippen molar-refractivity contribution in [1.82, 2.24) is 19.7 Å². The monoisotopic (exact) mass is 284 g/mol. The van der Waals surface area contributed by atoms with Crippen LogP contribution in [-0.4, -0.2) is 46.0 Å². The van der Waals surface area contributed by atoms with Gasteiger partial charge in [0.15, 0.2) is 17.1 Å². The molecule has 0 aliphatic heterocycles. The van der Waals surface area contributed by atoms with E-state index in [0.717, 1.165) is 11.3 Å². The van der Waals surface area contributed by atoms with Gasteiger partial charge in [0, 0.05) is 20.3 Å². The lowest BCUT2D eigenvalue weighted by atomic mass is 10.4. The number of hydrogen-bond donors (Lipinski definition) is 0. The summed E-state index contributed by atoms with van der Waals surface area (Å²) in [5, 5.41) is 4.67. The van der Waals surface area contributed by atoms with Crippen LogP contribution in [0.4, 0.5) is 0 Å². The predicted octanol–water partition coefficient (Wildman–Crippen LogP) is 1.50. The average molecular weight is 285 g/mol. The van der Waals surface area contributed by atoms with Crippen molar-refractivity contribution in [2.75, 3.05) is 14.1 Å². The van der Waals surface area contributed by atoms with Crippen LogP contribution in [0.2, 0.25) is 5.15 Å². The number of nitrogens with zero attached hydrogens (tertiary/aromatic N) is 4. The molecule has 0 aromatic carbocycles. The highest BCUT2D eigenvalue weighted by Crippen LogP contribution is 2.23. The van der Waals surface area contributed by atoms with Gasteiger partial charge in [0.05, 0.1) is 0 Å². The third-order valence-electron chi connectivity index (χ3n) is 2.12. The number of amides is 1. The largest absolute Gasteiger partial charge is 0.343 e. The fraction of sp³-hybridized carbons (Fsp3) is 0.200. The van der Waals surface area contributed by atoms with Crippen LogP contribution in [0.25, 0.3) is 5.13 Å². The van der Waals surface area contributed by atoms with Crippen LogP contribution >= 0.6 is 22.9 Å². The Balaban J connectivity index is 2.34. The van der Waals surface area contributed by atoms with Gasteiger partial charge in [-0.1, -0.05) is 22.9 Å². The SMILES string of the molecule is CN(C)C(=O)c1ccn(-c2nc(Cl)c(C=O)s2)n1. The van der Waals surface area contributed by atoms with Crippen molar-refractivity contribution in [3.8, 4) is 5.13 Å². The van der Waals surface area contributed by atoms with Gasteiger partial charge in [-0.25, -0.2) is 9.67 Å². The minimum atomic E-state index is -0.202. The maximum Gasteiger partial charge on any atom is 0.273 e. The van der Waals surface area contributed by atoms with E-state index in [1.54, 1.807) is 26.4 Å². The number of aromatic nitrogens is 3. The van der Waals surface area contributed by atoms with E-state index in [4.69, 9.17) is 11.6 Å². The molecule has 2 aromatic rings. The van der Waals surface area contributed by atoms with E-state index in [9.17, 15) is 9.59 Å². The summed E-state index contributed by atoms with van der Waals surface area (Å²) in [5.41, 5.74) is 0.305. The van der Waals surface area contributed by atoms with Crippen molar-refractivity contribution >= 4 is 35.1 Å². The Bertz CT molecular complexity index is 605. The number of rotatable bonds is 3. The van der Waals surface area contributed by atoms with E-state index in [-0.39, 0.29) is 11.1 Å². The lowest BCUT2D eigenvalue weighted by Gasteiger charge is -2.06. The third-order valence-corrected chi connectivity index (χ3v) is 3.49. The van der Waals surface area contributed by atoms with E-state index < -0.39 is 0 Å². The van der Waals surface area contributed by atoms with Crippen LogP contribution in [0, 0.1) is 0 Å². The molecular weight excluding hydrogens is 276 g/mol. The normalized spacial score (nSPS) is 10.4. The summed E-state index contributed by atoms with van der Waals surface area (Å²) in [6.07, 6.45) is 2.24. The number of thiazole rings is 1. The molecule has 0 N–H and O–H groups in total. The second-order valence-electron chi connectivity index (χ2n) is 3.61. The Morgan fingerprint density at radius 3 is 2.83 bits per heavy atom. The molecule has 0 aliphatic rings. The first-order valence-corrected chi connectivity index (χ1v) is 6.11. The zero-order chi connectivity index (χ0) is 13.3. The Morgan fingerprint density at radius 2 is 2.28 bits per heavy atom. The molecule has 0 spiro atoms. The predicted molar refractivity (Wildman–Crippen MR) is 67.7 cm³/mol. The Kier molecular flexibility index (Phi) is 3.44. The van der Waals surface area contributed by atoms with E-state index in [1.807, 2.05) is 0 Å². The first kappa shape index (κ1) is 12.7. The van der Waals surface area contributed by atoms with Crippen molar-refractivity contribution in [1.29, 1.82) is 0 Å². The zero-order valence-corrected chi connectivity index (χ0v) is 11.2. The van der Waals surface area contributed by atoms with Crippen molar-refractivity contribution in [3.05, 3.63) is 28.0 Å². The highest BCUT2D eigenvalue weighted by molar-refractivity contribution is 7.16. The average Bonchev–Trinajstić information content (AvgIpc) is 2.93. The van der Waals surface area contributed by atoms with Crippen LogP contribution in [0.15, 0.2) is 12.3 Å². The molecule has 0 unspecified atom stereocenters. The summed E-state index contributed by atoms with van der Waals surface area (Å²) in [6.45, 7) is 0. The molecule has 6 nitrogen and oxygen atoms in total. The summed E-state index contributed by atoms with van der Waals surface area (Å²) in [5.74, 6) is -0.202. The second-order valence-corrected chi connectivity index (χ2v) is 4.98. The Labute approximate surface area is 112 Å². The van der Waals surface area contributed by atoms with Crippen LogP contribution in [0.3, 0.4) is 0 Å². The quantitative estimate of drug-likeness (QED) is 0.801. The molecular formula is C10H9ClN4O2S. The number of carbonyl (C=O) groups is 2. The number of hydrogen-bond acceptors (Lipinski definition) is 5. The molecule has 8 heteroatoms. The van der Waals surface area contributed by atoms with Gasteiger partial charge < -0.3 is 4.90 Å². The van der Waals surface area contributed by atoms with Crippen LogP contribution in [-0.2, 0) is 0 Å². The van der Waals surface area contributed by atoms with Gasteiger partial charge in [0.1, 0.15) is 4.88 Å². The van der Waals surface area contributed by atoms with Crippen molar-refractivity contribution in [3.63, 3.8) is 0 Å². The van der Waals surface area contributed by atoms with Gasteiger partial charge in [0.25, 0.3) is 5.91 Å². The summed E-state index contributed by atoms with van der Waals surface area (Å²) in [6, 6.07) is 1.58. The second kappa shape index (κ2) is 4.87. The standard InChI is InChI=1S/C10H9ClN4O2S/c1-14(2)9(17)6-3-4-15(13-6)10-12-8(11)7(5-16)18-10/h3-5H,1-2H3. The molecule has 0 fully saturated rings. The lowest BCUT2D eigenvalue weighted by Crippen LogP contribution is -2.22. The van der Waals surface area contributed by atoms with Crippen molar-refractivity contribution in [2.24, 2.45) is 0 Å². The Morgan fingerprint density at radius 1 is 1.56 bits per heavy atom. The van der Waals surface area contributed by atoms with Crippen LogP contribution < -0.4 is 0 Å². The van der Waals surface area contributed by atoms with Gasteiger partial charge in [-0.05, 0) is 6.07 Å².